The molecule has 0 unspecified atom stereocenters. The third-order valence-electron chi connectivity index (χ3n) is 1.22. The van der Waals surface area contributed by atoms with Crippen molar-refractivity contribution in [3.8, 4) is 0 Å². The Morgan fingerprint density at radius 3 is 3.00 bits per heavy atom. The van der Waals surface area contributed by atoms with Crippen molar-refractivity contribution in [3.63, 3.8) is 0 Å². The first kappa shape index (κ1) is 8.90. The smallest absolute Gasteiger partial charge is 0.161 e. The Kier molecular flexibility index (Phi) is 3.23. The van der Waals surface area contributed by atoms with Gasteiger partial charge in [0.1, 0.15) is 0 Å². The van der Waals surface area contributed by atoms with Crippen molar-refractivity contribution in [2.75, 3.05) is 7.05 Å². The average Bonchev–Trinajstić information content (AvgIpc) is 2.32. The van der Waals surface area contributed by atoms with E-state index in [1.165, 1.54) is 16.2 Å². The van der Waals surface area contributed by atoms with Crippen molar-refractivity contribution in [3.05, 3.63) is 20.3 Å². The van der Waals surface area contributed by atoms with Crippen LogP contribution in [0.3, 0.4) is 0 Å². The summed E-state index contributed by atoms with van der Waals surface area (Å²) in [5, 5.41) is 3.02. The zero-order valence-electron chi connectivity index (χ0n) is 6.06. The summed E-state index contributed by atoms with van der Waals surface area (Å²) in [6, 6.07) is 1.96. The lowest BCUT2D eigenvalue weighted by Gasteiger charge is -1.89. The molecule has 0 aromatic carbocycles. The van der Waals surface area contributed by atoms with Gasteiger partial charge in [0.05, 0.1) is 4.88 Å². The van der Waals surface area contributed by atoms with Gasteiger partial charge in [-0.2, -0.15) is 0 Å². The lowest BCUT2D eigenvalue weighted by atomic mass is 10.4. The molecule has 0 aliphatic rings. The SMILES string of the molecule is CNCc1cc(Br)c(C=O)s1. The number of carbonyl (C=O) groups is 1. The summed E-state index contributed by atoms with van der Waals surface area (Å²) in [5.41, 5.74) is 0. The normalized spacial score (nSPS) is 10.0. The van der Waals surface area contributed by atoms with Crippen LogP contribution in [0.4, 0.5) is 0 Å². The van der Waals surface area contributed by atoms with Crippen molar-refractivity contribution >= 4 is 33.6 Å². The highest BCUT2D eigenvalue weighted by atomic mass is 79.9. The maximum atomic E-state index is 10.4. The quantitative estimate of drug-likeness (QED) is 0.811. The fourth-order valence-electron chi connectivity index (χ4n) is 0.774. The van der Waals surface area contributed by atoms with E-state index in [-0.39, 0.29) is 0 Å². The molecule has 2 nitrogen and oxygen atoms in total. The predicted octanol–water partition coefficient (Wildman–Crippen LogP) is 2.04. The third-order valence-corrected chi connectivity index (χ3v) is 3.20. The zero-order valence-corrected chi connectivity index (χ0v) is 8.46. The highest BCUT2D eigenvalue weighted by molar-refractivity contribution is 9.10. The van der Waals surface area contributed by atoms with Gasteiger partial charge in [-0.05, 0) is 29.0 Å². The largest absolute Gasteiger partial charge is 0.315 e. The van der Waals surface area contributed by atoms with E-state index in [1.807, 2.05) is 13.1 Å². The van der Waals surface area contributed by atoms with Crippen LogP contribution >= 0.6 is 27.3 Å². The molecule has 1 aromatic rings. The van der Waals surface area contributed by atoms with Gasteiger partial charge in [0, 0.05) is 15.9 Å². The Bertz CT molecular complexity index is 259. The second kappa shape index (κ2) is 3.99. The summed E-state index contributed by atoms with van der Waals surface area (Å²) >= 11 is 4.81. The van der Waals surface area contributed by atoms with Crippen molar-refractivity contribution in [1.82, 2.24) is 5.32 Å². The van der Waals surface area contributed by atoms with Crippen LogP contribution in [0, 0.1) is 0 Å². The minimum atomic E-state index is 0.759. The van der Waals surface area contributed by atoms with Crippen molar-refractivity contribution < 1.29 is 4.79 Å². The Morgan fingerprint density at radius 2 is 2.55 bits per heavy atom. The van der Waals surface area contributed by atoms with E-state index in [2.05, 4.69) is 21.2 Å². The van der Waals surface area contributed by atoms with E-state index in [0.29, 0.717) is 0 Å². The second-order valence-electron chi connectivity index (χ2n) is 2.07. The molecule has 60 valence electrons. The fourth-order valence-corrected chi connectivity index (χ4v) is 2.42. The van der Waals surface area contributed by atoms with Crippen LogP contribution in [0.1, 0.15) is 14.5 Å². The maximum Gasteiger partial charge on any atom is 0.161 e. The molecule has 1 aromatic heterocycles. The van der Waals surface area contributed by atoms with Gasteiger partial charge in [0.2, 0.25) is 0 Å². The minimum Gasteiger partial charge on any atom is -0.315 e. The standard InChI is InChI=1S/C7H8BrNOS/c1-9-3-5-2-6(8)7(4-10)11-5/h2,4,9H,3H2,1H3. The van der Waals surface area contributed by atoms with Gasteiger partial charge in [-0.1, -0.05) is 0 Å². The fraction of sp³-hybridized carbons (Fsp3) is 0.286. The number of carbonyl (C=O) groups excluding carboxylic acids is 1. The molecule has 11 heavy (non-hydrogen) atoms. The van der Waals surface area contributed by atoms with E-state index in [9.17, 15) is 4.79 Å². The zero-order chi connectivity index (χ0) is 8.27. The number of aldehydes is 1. The Balaban J connectivity index is 2.86. The van der Waals surface area contributed by atoms with Crippen LogP contribution in [0.25, 0.3) is 0 Å². The number of rotatable bonds is 3. The lowest BCUT2D eigenvalue weighted by molar-refractivity contribution is 0.112. The van der Waals surface area contributed by atoms with Gasteiger partial charge >= 0.3 is 0 Å². The molecule has 0 fully saturated rings. The average molecular weight is 234 g/mol. The molecule has 0 radical (unpaired) electrons. The molecule has 0 bridgehead atoms. The first-order valence-electron chi connectivity index (χ1n) is 3.16. The van der Waals surface area contributed by atoms with E-state index >= 15 is 0 Å². The molecule has 0 amide bonds. The third kappa shape index (κ3) is 2.12. The molecule has 0 saturated heterocycles. The Morgan fingerprint density at radius 1 is 1.82 bits per heavy atom. The molecule has 1 rings (SSSR count). The van der Waals surface area contributed by atoms with E-state index in [0.717, 1.165) is 22.2 Å². The van der Waals surface area contributed by atoms with Crippen LogP contribution < -0.4 is 5.32 Å². The maximum absolute atomic E-state index is 10.4. The highest BCUT2D eigenvalue weighted by Crippen LogP contribution is 2.25. The highest BCUT2D eigenvalue weighted by Gasteiger charge is 2.03. The summed E-state index contributed by atoms with van der Waals surface area (Å²) in [7, 11) is 1.88. The number of hydrogen-bond acceptors (Lipinski definition) is 3. The van der Waals surface area contributed by atoms with E-state index < -0.39 is 0 Å². The van der Waals surface area contributed by atoms with Gasteiger partial charge in [0.25, 0.3) is 0 Å². The predicted molar refractivity (Wildman–Crippen MR) is 50.2 cm³/mol. The lowest BCUT2D eigenvalue weighted by Crippen LogP contribution is -2.02. The molecule has 4 heteroatoms. The van der Waals surface area contributed by atoms with Gasteiger partial charge in [-0.15, -0.1) is 11.3 Å². The summed E-state index contributed by atoms with van der Waals surface area (Å²) in [6.07, 6.45) is 0.869. The van der Waals surface area contributed by atoms with Crippen molar-refractivity contribution in [2.45, 2.75) is 6.54 Å². The molecule has 0 spiro atoms. The van der Waals surface area contributed by atoms with Crippen LogP contribution in [0.2, 0.25) is 0 Å². The van der Waals surface area contributed by atoms with Crippen LogP contribution in [0.15, 0.2) is 10.5 Å². The Hall–Kier alpha value is -0.190. The second-order valence-corrected chi connectivity index (χ2v) is 4.10. The first-order valence-corrected chi connectivity index (χ1v) is 4.77. The van der Waals surface area contributed by atoms with E-state index in [4.69, 9.17) is 0 Å². The molecular weight excluding hydrogens is 226 g/mol. The Labute approximate surface area is 77.7 Å². The van der Waals surface area contributed by atoms with Crippen LogP contribution in [-0.4, -0.2) is 13.3 Å². The van der Waals surface area contributed by atoms with Crippen LogP contribution in [0.5, 0.6) is 0 Å². The van der Waals surface area contributed by atoms with Gasteiger partial charge < -0.3 is 5.32 Å². The number of thiophene rings is 1. The summed E-state index contributed by atoms with van der Waals surface area (Å²) in [5.74, 6) is 0. The van der Waals surface area contributed by atoms with Crippen molar-refractivity contribution in [1.29, 1.82) is 0 Å². The van der Waals surface area contributed by atoms with Gasteiger partial charge in [0.15, 0.2) is 6.29 Å². The molecule has 1 N–H and O–H groups in total. The van der Waals surface area contributed by atoms with Crippen LogP contribution in [-0.2, 0) is 6.54 Å². The minimum absolute atomic E-state index is 0.759. The molecule has 0 atom stereocenters. The number of nitrogens with one attached hydrogen (secondary N) is 1. The van der Waals surface area contributed by atoms with Gasteiger partial charge in [-0.3, -0.25) is 4.79 Å². The topological polar surface area (TPSA) is 29.1 Å². The summed E-state index contributed by atoms with van der Waals surface area (Å²) < 4.78 is 0.891. The number of halogens is 1. The number of hydrogen-bond donors (Lipinski definition) is 1. The summed E-state index contributed by atoms with van der Waals surface area (Å²) in [6.45, 7) is 0.817. The molecular formula is C7H8BrNOS. The van der Waals surface area contributed by atoms with Crippen molar-refractivity contribution in [2.24, 2.45) is 0 Å². The summed E-state index contributed by atoms with van der Waals surface area (Å²) in [4.78, 5) is 12.3. The first-order chi connectivity index (χ1) is 5.27. The monoisotopic (exact) mass is 233 g/mol. The molecule has 0 aliphatic heterocycles. The molecule has 0 saturated carbocycles. The van der Waals surface area contributed by atoms with Gasteiger partial charge in [-0.25, -0.2) is 0 Å². The molecule has 0 aliphatic carbocycles. The molecule has 1 heterocycles. The van der Waals surface area contributed by atoms with E-state index in [1.54, 1.807) is 0 Å².